The van der Waals surface area contributed by atoms with E-state index in [0.717, 1.165) is 28.4 Å². The molecule has 4 nitrogen and oxygen atoms in total. The van der Waals surface area contributed by atoms with Crippen LogP contribution >= 0.6 is 34.8 Å². The van der Waals surface area contributed by atoms with Gasteiger partial charge in [0.15, 0.2) is 0 Å². The number of benzene rings is 2. The third kappa shape index (κ3) is 3.30. The molecule has 0 spiro atoms. The Labute approximate surface area is 148 Å². The summed E-state index contributed by atoms with van der Waals surface area (Å²) in [7, 11) is 1.61. The Balaban J connectivity index is 1.96. The van der Waals surface area contributed by atoms with Gasteiger partial charge in [-0.3, -0.25) is 4.90 Å². The molecule has 2 aromatic carbocycles. The van der Waals surface area contributed by atoms with Crippen LogP contribution in [0.2, 0.25) is 0 Å². The smallest absolute Gasteiger partial charge is 0.414 e. The highest BCUT2D eigenvalue weighted by Gasteiger charge is 2.30. The molecule has 23 heavy (non-hydrogen) atoms. The Morgan fingerprint density at radius 2 is 1.96 bits per heavy atom. The van der Waals surface area contributed by atoms with Gasteiger partial charge >= 0.3 is 6.09 Å². The van der Waals surface area contributed by atoms with Gasteiger partial charge in [0.1, 0.15) is 12.4 Å². The maximum atomic E-state index is 12.3. The number of rotatable bonds is 2. The van der Waals surface area contributed by atoms with E-state index in [4.69, 9.17) is 44.3 Å². The topological polar surface area (TPSA) is 38.8 Å². The zero-order valence-electron chi connectivity index (χ0n) is 12.3. The summed E-state index contributed by atoms with van der Waals surface area (Å²) in [6.45, 7) is 0.220. The van der Waals surface area contributed by atoms with Gasteiger partial charge in [-0.15, -0.1) is 0 Å². The van der Waals surface area contributed by atoms with Gasteiger partial charge in [-0.25, -0.2) is 4.79 Å². The van der Waals surface area contributed by atoms with E-state index in [-0.39, 0.29) is 6.61 Å². The maximum Gasteiger partial charge on any atom is 0.414 e. The second kappa shape index (κ2) is 6.27. The Hall–Kier alpha value is -1.36. The molecule has 0 radical (unpaired) electrons. The lowest BCUT2D eigenvalue weighted by Crippen LogP contribution is -2.32. The monoisotopic (exact) mass is 373 g/mol. The first-order valence-corrected chi connectivity index (χ1v) is 8.14. The molecule has 2 aromatic rings. The van der Waals surface area contributed by atoms with Gasteiger partial charge in [0, 0.05) is 18.0 Å². The predicted octanol–water partition coefficient (Wildman–Crippen LogP) is 4.72. The van der Waals surface area contributed by atoms with Crippen LogP contribution in [0.25, 0.3) is 10.8 Å². The minimum Gasteiger partial charge on any atom is -0.496 e. The van der Waals surface area contributed by atoms with E-state index in [1.54, 1.807) is 12.0 Å². The molecule has 0 unspecified atom stereocenters. The van der Waals surface area contributed by atoms with Crippen LogP contribution in [0.3, 0.4) is 0 Å². The van der Waals surface area contributed by atoms with Gasteiger partial charge in [-0.2, -0.15) is 0 Å². The van der Waals surface area contributed by atoms with E-state index >= 15 is 0 Å². The molecule has 0 aromatic heterocycles. The highest BCUT2D eigenvalue weighted by atomic mass is 35.6. The number of hydrogen-bond acceptors (Lipinski definition) is 3. The van der Waals surface area contributed by atoms with Crippen LogP contribution in [-0.2, 0) is 11.2 Å². The van der Waals surface area contributed by atoms with E-state index in [0.29, 0.717) is 12.3 Å². The Morgan fingerprint density at radius 1 is 1.26 bits per heavy atom. The summed E-state index contributed by atoms with van der Waals surface area (Å²) in [5.41, 5.74) is 1.86. The molecule has 1 aliphatic heterocycles. The minimum absolute atomic E-state index is 0.299. The van der Waals surface area contributed by atoms with Crippen molar-refractivity contribution in [1.29, 1.82) is 0 Å². The molecular formula is C16H14Cl3NO3. The molecule has 0 aliphatic carbocycles. The highest BCUT2D eigenvalue weighted by Crippen LogP contribution is 2.40. The Kier molecular flexibility index (Phi) is 4.50. The number of methoxy groups -OCH3 is 1. The first-order valence-electron chi connectivity index (χ1n) is 7.00. The third-order valence-corrected chi connectivity index (χ3v) is 4.10. The van der Waals surface area contributed by atoms with Gasteiger partial charge in [-0.05, 0) is 17.4 Å². The van der Waals surface area contributed by atoms with Crippen molar-refractivity contribution >= 4 is 57.4 Å². The van der Waals surface area contributed by atoms with E-state index in [9.17, 15) is 4.79 Å². The summed E-state index contributed by atoms with van der Waals surface area (Å²) in [5, 5.41) is 2.09. The average Bonchev–Trinajstić information content (AvgIpc) is 2.95. The Bertz CT molecular complexity index is 758. The highest BCUT2D eigenvalue weighted by molar-refractivity contribution is 6.67. The van der Waals surface area contributed by atoms with Crippen LogP contribution < -0.4 is 9.64 Å². The zero-order chi connectivity index (χ0) is 16.6. The third-order valence-electron chi connectivity index (χ3n) is 3.77. The molecule has 122 valence electrons. The lowest BCUT2D eigenvalue weighted by atomic mass is 10.0. The van der Waals surface area contributed by atoms with Crippen molar-refractivity contribution in [3.05, 3.63) is 35.9 Å². The van der Waals surface area contributed by atoms with Crippen LogP contribution in [0.5, 0.6) is 5.75 Å². The number of alkyl halides is 3. The Morgan fingerprint density at radius 3 is 2.61 bits per heavy atom. The molecule has 3 rings (SSSR count). The molecule has 1 aliphatic rings. The summed E-state index contributed by atoms with van der Waals surface area (Å²) < 4.78 is 8.91. The van der Waals surface area contributed by atoms with Crippen molar-refractivity contribution in [1.82, 2.24) is 0 Å². The molecule has 0 saturated carbocycles. The van der Waals surface area contributed by atoms with Crippen molar-refractivity contribution in [2.45, 2.75) is 10.2 Å². The zero-order valence-corrected chi connectivity index (χ0v) is 14.6. The fraction of sp³-hybridized carbons (Fsp3) is 0.312. The lowest BCUT2D eigenvalue weighted by molar-refractivity contribution is 0.156. The summed E-state index contributed by atoms with van der Waals surface area (Å²) in [5.74, 6) is 0.709. The SMILES string of the molecule is COc1cc2c(c3ccccc13)CCN2C(=O)OCC(Cl)(Cl)Cl. The van der Waals surface area contributed by atoms with Crippen molar-refractivity contribution in [3.63, 3.8) is 0 Å². The number of halogens is 3. The molecule has 0 bridgehead atoms. The van der Waals surface area contributed by atoms with Gasteiger partial charge in [0.2, 0.25) is 3.79 Å². The summed E-state index contributed by atoms with van der Waals surface area (Å²) in [4.78, 5) is 13.8. The van der Waals surface area contributed by atoms with Crippen molar-refractivity contribution in [2.24, 2.45) is 0 Å². The quantitative estimate of drug-likeness (QED) is 0.714. The van der Waals surface area contributed by atoms with E-state index in [1.807, 2.05) is 30.3 Å². The summed E-state index contributed by atoms with van der Waals surface area (Å²) in [6.07, 6.45) is 0.204. The fourth-order valence-electron chi connectivity index (χ4n) is 2.82. The maximum absolute atomic E-state index is 12.3. The van der Waals surface area contributed by atoms with Crippen LogP contribution in [0, 0.1) is 0 Å². The fourth-order valence-corrected chi connectivity index (χ4v) is 2.98. The summed E-state index contributed by atoms with van der Waals surface area (Å²) in [6, 6.07) is 9.79. The van der Waals surface area contributed by atoms with Crippen LogP contribution in [0.15, 0.2) is 30.3 Å². The minimum atomic E-state index is -1.63. The van der Waals surface area contributed by atoms with Gasteiger partial charge in [0.05, 0.1) is 12.8 Å². The van der Waals surface area contributed by atoms with Crippen molar-refractivity contribution in [2.75, 3.05) is 25.2 Å². The molecule has 0 atom stereocenters. The van der Waals surface area contributed by atoms with Crippen molar-refractivity contribution in [3.8, 4) is 5.75 Å². The van der Waals surface area contributed by atoms with E-state index in [1.165, 1.54) is 0 Å². The van der Waals surface area contributed by atoms with E-state index in [2.05, 4.69) is 0 Å². The first-order chi connectivity index (χ1) is 10.9. The normalized spacial score (nSPS) is 14.0. The van der Waals surface area contributed by atoms with Crippen LogP contribution in [0.1, 0.15) is 5.56 Å². The standard InChI is InChI=1S/C16H14Cl3NO3/c1-22-14-8-13-11(10-4-2-3-5-12(10)14)6-7-20(13)15(21)23-9-16(17,18)19/h2-5,8H,6-7,9H2,1H3. The van der Waals surface area contributed by atoms with Gasteiger partial charge < -0.3 is 9.47 Å². The van der Waals surface area contributed by atoms with Crippen molar-refractivity contribution < 1.29 is 14.3 Å². The number of carbonyl (C=O) groups excluding carboxylic acids is 1. The molecule has 0 saturated heterocycles. The second-order valence-corrected chi connectivity index (χ2v) is 7.71. The average molecular weight is 375 g/mol. The molecule has 7 heteroatoms. The predicted molar refractivity (Wildman–Crippen MR) is 93.2 cm³/mol. The number of carbonyl (C=O) groups is 1. The van der Waals surface area contributed by atoms with Gasteiger partial charge in [0.25, 0.3) is 0 Å². The number of hydrogen-bond donors (Lipinski definition) is 0. The number of amides is 1. The van der Waals surface area contributed by atoms with E-state index < -0.39 is 9.89 Å². The number of anilines is 1. The molecule has 1 heterocycles. The van der Waals surface area contributed by atoms with Crippen LogP contribution in [-0.4, -0.2) is 30.1 Å². The number of fused-ring (bicyclic) bond motifs is 3. The van der Waals surface area contributed by atoms with Gasteiger partial charge in [-0.1, -0.05) is 59.1 Å². The molecular weight excluding hydrogens is 361 g/mol. The number of nitrogens with zero attached hydrogens (tertiary/aromatic N) is 1. The summed E-state index contributed by atoms with van der Waals surface area (Å²) >= 11 is 16.9. The molecule has 0 N–H and O–H groups in total. The second-order valence-electron chi connectivity index (χ2n) is 5.19. The number of ether oxygens (including phenoxy) is 2. The molecule has 1 amide bonds. The molecule has 0 fully saturated rings. The largest absolute Gasteiger partial charge is 0.496 e. The first kappa shape index (κ1) is 16.5. The lowest BCUT2D eigenvalue weighted by Gasteiger charge is -2.20. The van der Waals surface area contributed by atoms with Crippen LogP contribution in [0.4, 0.5) is 10.5 Å².